The second-order valence-corrected chi connectivity index (χ2v) is 6.32. The highest BCUT2D eigenvalue weighted by Crippen LogP contribution is 2.25. The number of carbonyl (C=O) groups excluding carboxylic acids is 2. The van der Waals surface area contributed by atoms with Gasteiger partial charge in [-0.05, 0) is 23.8 Å². The molecule has 0 aliphatic carbocycles. The number of nitrogens with one attached hydrogen (secondary N) is 1. The summed E-state index contributed by atoms with van der Waals surface area (Å²) in [5, 5.41) is 2.72. The van der Waals surface area contributed by atoms with Crippen molar-refractivity contribution in [3.63, 3.8) is 0 Å². The average Bonchev–Trinajstić information content (AvgIpc) is 2.55. The van der Waals surface area contributed by atoms with Crippen LogP contribution < -0.4 is 5.32 Å². The highest BCUT2D eigenvalue weighted by atomic mass is 79.9. The van der Waals surface area contributed by atoms with Crippen molar-refractivity contribution in [3.05, 3.63) is 29.3 Å². The first-order chi connectivity index (χ1) is 7.08. The Kier molecular flexibility index (Phi) is 2.93. The fraction of sp³-hybridized carbons (Fsp3) is 0.200. The van der Waals surface area contributed by atoms with Crippen molar-refractivity contribution in [3.8, 4) is 0 Å². The Morgan fingerprint density at radius 3 is 2.80 bits per heavy atom. The van der Waals surface area contributed by atoms with E-state index >= 15 is 0 Å². The van der Waals surface area contributed by atoms with Gasteiger partial charge in [0.05, 0.1) is 6.42 Å². The quantitative estimate of drug-likeness (QED) is 0.668. The molecular formula is C10H7Br2NO2. The third-order valence-electron chi connectivity index (χ3n) is 2.21. The number of fused-ring (bicyclic) bond motifs is 1. The number of anilines is 1. The minimum Gasteiger partial charge on any atom is -0.326 e. The van der Waals surface area contributed by atoms with Gasteiger partial charge in [0.2, 0.25) is 5.91 Å². The van der Waals surface area contributed by atoms with E-state index in [0.717, 1.165) is 11.3 Å². The SMILES string of the molecule is O=C1Cc2cc(C(=O)C(Br)Br)ccc2N1. The summed E-state index contributed by atoms with van der Waals surface area (Å²) in [5.41, 5.74) is 2.28. The van der Waals surface area contributed by atoms with Gasteiger partial charge in [0.1, 0.15) is 3.74 Å². The van der Waals surface area contributed by atoms with E-state index < -0.39 is 0 Å². The van der Waals surface area contributed by atoms with E-state index in [1.54, 1.807) is 18.2 Å². The van der Waals surface area contributed by atoms with E-state index in [1.807, 2.05) is 0 Å². The smallest absolute Gasteiger partial charge is 0.228 e. The Morgan fingerprint density at radius 2 is 2.13 bits per heavy atom. The maximum Gasteiger partial charge on any atom is 0.228 e. The molecule has 1 N–H and O–H groups in total. The Bertz CT molecular complexity index is 443. The second kappa shape index (κ2) is 4.06. The summed E-state index contributed by atoms with van der Waals surface area (Å²) in [7, 11) is 0. The zero-order valence-electron chi connectivity index (χ0n) is 7.59. The molecule has 1 aromatic rings. The van der Waals surface area contributed by atoms with Crippen LogP contribution in [0, 0.1) is 0 Å². The predicted molar refractivity (Wildman–Crippen MR) is 64.7 cm³/mol. The van der Waals surface area contributed by atoms with Crippen LogP contribution in [0.4, 0.5) is 5.69 Å². The van der Waals surface area contributed by atoms with Crippen LogP contribution in [0.5, 0.6) is 0 Å². The van der Waals surface area contributed by atoms with E-state index in [2.05, 4.69) is 37.2 Å². The number of hydrogen-bond acceptors (Lipinski definition) is 2. The van der Waals surface area contributed by atoms with Crippen molar-refractivity contribution in [1.29, 1.82) is 0 Å². The van der Waals surface area contributed by atoms with Crippen molar-refractivity contribution in [1.82, 2.24) is 0 Å². The monoisotopic (exact) mass is 331 g/mol. The molecule has 0 spiro atoms. The van der Waals surface area contributed by atoms with Crippen LogP contribution >= 0.6 is 31.9 Å². The number of hydrogen-bond donors (Lipinski definition) is 1. The third-order valence-corrected chi connectivity index (χ3v) is 3.04. The van der Waals surface area contributed by atoms with E-state index in [4.69, 9.17) is 0 Å². The van der Waals surface area contributed by atoms with Gasteiger partial charge in [-0.3, -0.25) is 9.59 Å². The fourth-order valence-corrected chi connectivity index (χ4v) is 2.04. The molecule has 3 nitrogen and oxygen atoms in total. The maximum absolute atomic E-state index is 11.6. The van der Waals surface area contributed by atoms with Gasteiger partial charge in [0.15, 0.2) is 5.78 Å². The molecule has 15 heavy (non-hydrogen) atoms. The zero-order valence-corrected chi connectivity index (χ0v) is 10.8. The standard InChI is InChI=1S/C10H7Br2NO2/c11-10(12)9(15)5-1-2-7-6(3-5)4-8(14)13-7/h1-3,10H,4H2,(H,13,14). The molecule has 0 bridgehead atoms. The summed E-state index contributed by atoms with van der Waals surface area (Å²) in [6.07, 6.45) is 0.353. The van der Waals surface area contributed by atoms with Gasteiger partial charge in [-0.2, -0.15) is 0 Å². The Morgan fingerprint density at radius 1 is 1.40 bits per heavy atom. The first kappa shape index (κ1) is 10.8. The van der Waals surface area contributed by atoms with Crippen molar-refractivity contribution in [2.24, 2.45) is 0 Å². The number of carbonyl (C=O) groups is 2. The highest BCUT2D eigenvalue weighted by molar-refractivity contribution is 9.25. The molecule has 78 valence electrons. The van der Waals surface area contributed by atoms with Gasteiger partial charge < -0.3 is 5.32 Å². The van der Waals surface area contributed by atoms with E-state index in [0.29, 0.717) is 12.0 Å². The minimum atomic E-state index is -0.381. The molecule has 0 saturated heterocycles. The second-order valence-electron chi connectivity index (χ2n) is 3.26. The summed E-state index contributed by atoms with van der Waals surface area (Å²) in [6.45, 7) is 0. The highest BCUT2D eigenvalue weighted by Gasteiger charge is 2.20. The van der Waals surface area contributed by atoms with E-state index in [-0.39, 0.29) is 15.4 Å². The largest absolute Gasteiger partial charge is 0.326 e. The first-order valence-corrected chi connectivity index (χ1v) is 6.16. The Hall–Kier alpha value is -0.680. The molecule has 0 atom stereocenters. The first-order valence-electron chi connectivity index (χ1n) is 4.33. The Labute approximate surface area is 103 Å². The topological polar surface area (TPSA) is 46.2 Å². The lowest BCUT2D eigenvalue weighted by Gasteiger charge is -2.03. The molecular weight excluding hydrogens is 326 g/mol. The van der Waals surface area contributed by atoms with Gasteiger partial charge in [0.25, 0.3) is 0 Å². The Balaban J connectivity index is 2.35. The number of halogens is 2. The van der Waals surface area contributed by atoms with Crippen LogP contribution in [0.15, 0.2) is 18.2 Å². The molecule has 1 amide bonds. The van der Waals surface area contributed by atoms with Gasteiger partial charge >= 0.3 is 0 Å². The van der Waals surface area contributed by atoms with Crippen LogP contribution in [0.3, 0.4) is 0 Å². The fourth-order valence-electron chi connectivity index (χ4n) is 1.51. The number of benzene rings is 1. The van der Waals surface area contributed by atoms with Gasteiger partial charge in [-0.15, -0.1) is 0 Å². The number of alkyl halides is 2. The zero-order chi connectivity index (χ0) is 11.0. The van der Waals surface area contributed by atoms with Crippen LogP contribution in [0.2, 0.25) is 0 Å². The number of ketones is 1. The number of Topliss-reactive ketones (excluding diaryl/α,β-unsaturated/α-hetero) is 1. The summed E-state index contributed by atoms with van der Waals surface area (Å²) in [6, 6.07) is 5.23. The summed E-state index contributed by atoms with van der Waals surface area (Å²) in [4.78, 5) is 22.7. The molecule has 0 saturated carbocycles. The van der Waals surface area contributed by atoms with Crippen LogP contribution in [-0.4, -0.2) is 15.4 Å². The van der Waals surface area contributed by atoms with Crippen molar-refractivity contribution in [2.45, 2.75) is 10.2 Å². The third kappa shape index (κ3) is 2.13. The summed E-state index contributed by atoms with van der Waals surface area (Å²) >= 11 is 6.31. The lowest BCUT2D eigenvalue weighted by molar-refractivity contribution is -0.115. The minimum absolute atomic E-state index is 0.0242. The van der Waals surface area contributed by atoms with Gasteiger partial charge in [0, 0.05) is 11.3 Å². The molecule has 2 rings (SSSR count). The molecule has 1 aromatic carbocycles. The molecule has 0 aromatic heterocycles. The van der Waals surface area contributed by atoms with Gasteiger partial charge in [-0.1, -0.05) is 31.9 Å². The molecule has 0 unspecified atom stereocenters. The van der Waals surface area contributed by atoms with Gasteiger partial charge in [-0.25, -0.2) is 0 Å². The number of rotatable bonds is 2. The van der Waals surface area contributed by atoms with Crippen molar-refractivity contribution >= 4 is 49.2 Å². The van der Waals surface area contributed by atoms with Crippen molar-refractivity contribution in [2.75, 3.05) is 5.32 Å². The molecule has 1 heterocycles. The molecule has 1 aliphatic heterocycles. The lowest BCUT2D eigenvalue weighted by Crippen LogP contribution is -2.07. The van der Waals surface area contributed by atoms with E-state index in [1.165, 1.54) is 0 Å². The maximum atomic E-state index is 11.6. The lowest BCUT2D eigenvalue weighted by atomic mass is 10.1. The predicted octanol–water partition coefficient (Wildman–Crippen LogP) is 2.48. The van der Waals surface area contributed by atoms with Crippen LogP contribution in [-0.2, 0) is 11.2 Å². The molecule has 1 aliphatic rings. The van der Waals surface area contributed by atoms with E-state index in [9.17, 15) is 9.59 Å². The van der Waals surface area contributed by atoms with Crippen LogP contribution in [0.1, 0.15) is 15.9 Å². The molecule has 0 radical (unpaired) electrons. The number of amides is 1. The molecule has 5 heteroatoms. The summed E-state index contributed by atoms with van der Waals surface area (Å²) < 4.78 is -0.381. The molecule has 0 fully saturated rings. The van der Waals surface area contributed by atoms with Crippen LogP contribution in [0.25, 0.3) is 0 Å². The average molecular weight is 333 g/mol. The summed E-state index contributed by atoms with van der Waals surface area (Å²) in [5.74, 6) is -0.0685. The normalized spacial score (nSPS) is 13.9. The van der Waals surface area contributed by atoms with Crippen molar-refractivity contribution < 1.29 is 9.59 Å².